The van der Waals surface area contributed by atoms with Crippen molar-refractivity contribution >= 4 is 0 Å². The van der Waals surface area contributed by atoms with Gasteiger partial charge in [-0.2, -0.15) is 0 Å². The van der Waals surface area contributed by atoms with E-state index in [1.807, 2.05) is 7.11 Å². The lowest BCUT2D eigenvalue weighted by Gasteiger charge is -2.33. The number of ether oxygens (including phenoxy) is 2. The van der Waals surface area contributed by atoms with E-state index in [0.29, 0.717) is 18.2 Å². The average molecular weight is 199 g/mol. The molecule has 1 aliphatic carbocycles. The van der Waals surface area contributed by atoms with Crippen molar-refractivity contribution in [1.82, 2.24) is 5.32 Å². The molecular formula is C11H21NO2. The van der Waals surface area contributed by atoms with E-state index < -0.39 is 0 Å². The summed E-state index contributed by atoms with van der Waals surface area (Å²) in [6, 6.07) is 1.12. The van der Waals surface area contributed by atoms with Crippen LogP contribution in [0.5, 0.6) is 0 Å². The van der Waals surface area contributed by atoms with Crippen molar-refractivity contribution in [2.75, 3.05) is 20.3 Å². The van der Waals surface area contributed by atoms with E-state index in [1.54, 1.807) is 0 Å². The largest absolute Gasteiger partial charge is 0.380 e. The summed E-state index contributed by atoms with van der Waals surface area (Å²) >= 11 is 0. The predicted octanol–water partition coefficient (Wildman–Crippen LogP) is 1.32. The normalized spacial score (nSPS) is 38.8. The Morgan fingerprint density at radius 2 is 2.07 bits per heavy atom. The van der Waals surface area contributed by atoms with Gasteiger partial charge in [-0.1, -0.05) is 12.8 Å². The van der Waals surface area contributed by atoms with Crippen molar-refractivity contribution in [3.8, 4) is 0 Å². The molecule has 0 amide bonds. The fourth-order valence-corrected chi connectivity index (χ4v) is 2.54. The first kappa shape index (κ1) is 10.4. The lowest BCUT2D eigenvalue weighted by Crippen LogP contribution is -2.48. The van der Waals surface area contributed by atoms with Crippen LogP contribution < -0.4 is 5.32 Å². The van der Waals surface area contributed by atoms with E-state index in [4.69, 9.17) is 9.47 Å². The summed E-state index contributed by atoms with van der Waals surface area (Å²) < 4.78 is 10.9. The van der Waals surface area contributed by atoms with Crippen molar-refractivity contribution in [1.29, 1.82) is 0 Å². The van der Waals surface area contributed by atoms with Crippen LogP contribution in [0.1, 0.15) is 32.1 Å². The Bertz CT molecular complexity index is 169. The van der Waals surface area contributed by atoms with Gasteiger partial charge in [0.15, 0.2) is 0 Å². The maximum absolute atomic E-state index is 5.51. The van der Waals surface area contributed by atoms with E-state index in [-0.39, 0.29) is 0 Å². The van der Waals surface area contributed by atoms with Crippen molar-refractivity contribution < 1.29 is 9.47 Å². The Morgan fingerprint density at radius 3 is 2.79 bits per heavy atom. The molecule has 1 saturated heterocycles. The average Bonchev–Trinajstić information content (AvgIpc) is 2.71. The summed E-state index contributed by atoms with van der Waals surface area (Å²) in [6.45, 7) is 1.80. The number of nitrogens with one attached hydrogen (secondary N) is 1. The van der Waals surface area contributed by atoms with Crippen LogP contribution in [0, 0.1) is 0 Å². The zero-order valence-electron chi connectivity index (χ0n) is 9.00. The molecule has 0 bridgehead atoms. The Kier molecular flexibility index (Phi) is 3.79. The van der Waals surface area contributed by atoms with Crippen LogP contribution in [-0.2, 0) is 9.47 Å². The highest BCUT2D eigenvalue weighted by Gasteiger charge is 2.28. The SMILES string of the molecule is CO[C@H]1CCCC[C@@H]1NC1CCOC1. The van der Waals surface area contributed by atoms with Crippen LogP contribution >= 0.6 is 0 Å². The Hall–Kier alpha value is -0.120. The van der Waals surface area contributed by atoms with Gasteiger partial charge in [-0.25, -0.2) is 0 Å². The van der Waals surface area contributed by atoms with Crippen molar-refractivity contribution in [2.24, 2.45) is 0 Å². The second-order valence-corrected chi connectivity index (χ2v) is 4.39. The topological polar surface area (TPSA) is 30.5 Å². The first-order valence-electron chi connectivity index (χ1n) is 5.76. The monoisotopic (exact) mass is 199 g/mol. The van der Waals surface area contributed by atoms with E-state index in [1.165, 1.54) is 25.7 Å². The summed E-state index contributed by atoms with van der Waals surface area (Å²) in [4.78, 5) is 0. The van der Waals surface area contributed by atoms with E-state index in [2.05, 4.69) is 5.32 Å². The lowest BCUT2D eigenvalue weighted by molar-refractivity contribution is 0.0370. The number of rotatable bonds is 3. The Morgan fingerprint density at radius 1 is 1.21 bits per heavy atom. The fourth-order valence-electron chi connectivity index (χ4n) is 2.54. The van der Waals surface area contributed by atoms with Crippen LogP contribution in [0.15, 0.2) is 0 Å². The maximum Gasteiger partial charge on any atom is 0.0724 e. The zero-order chi connectivity index (χ0) is 9.80. The van der Waals surface area contributed by atoms with Crippen molar-refractivity contribution in [2.45, 2.75) is 50.3 Å². The van der Waals surface area contributed by atoms with E-state index in [0.717, 1.165) is 19.6 Å². The van der Waals surface area contributed by atoms with Gasteiger partial charge in [-0.3, -0.25) is 0 Å². The minimum atomic E-state index is 0.421. The van der Waals surface area contributed by atoms with Crippen LogP contribution in [0.25, 0.3) is 0 Å². The van der Waals surface area contributed by atoms with Gasteiger partial charge in [-0.05, 0) is 19.3 Å². The molecule has 0 aromatic heterocycles. The zero-order valence-corrected chi connectivity index (χ0v) is 9.00. The molecule has 1 N–H and O–H groups in total. The summed E-state index contributed by atoms with van der Waals surface area (Å²) in [7, 11) is 1.83. The molecule has 2 aliphatic rings. The van der Waals surface area contributed by atoms with Gasteiger partial charge in [0, 0.05) is 25.8 Å². The van der Waals surface area contributed by atoms with Gasteiger partial charge in [0.2, 0.25) is 0 Å². The molecule has 1 aliphatic heterocycles. The second-order valence-electron chi connectivity index (χ2n) is 4.39. The highest BCUT2D eigenvalue weighted by atomic mass is 16.5. The molecule has 0 spiro atoms. The number of hydrogen-bond acceptors (Lipinski definition) is 3. The Labute approximate surface area is 86.2 Å². The third-order valence-electron chi connectivity index (χ3n) is 3.38. The van der Waals surface area contributed by atoms with Gasteiger partial charge < -0.3 is 14.8 Å². The van der Waals surface area contributed by atoms with Gasteiger partial charge in [0.1, 0.15) is 0 Å². The van der Waals surface area contributed by atoms with Gasteiger partial charge in [-0.15, -0.1) is 0 Å². The minimum absolute atomic E-state index is 0.421. The molecule has 1 saturated carbocycles. The first-order valence-corrected chi connectivity index (χ1v) is 5.76. The molecule has 14 heavy (non-hydrogen) atoms. The molecule has 3 atom stereocenters. The van der Waals surface area contributed by atoms with Crippen LogP contribution in [0.2, 0.25) is 0 Å². The first-order chi connectivity index (χ1) is 6.90. The summed E-state index contributed by atoms with van der Waals surface area (Å²) in [6.07, 6.45) is 6.71. The second kappa shape index (κ2) is 5.10. The fraction of sp³-hybridized carbons (Fsp3) is 1.00. The molecule has 0 aromatic carbocycles. The molecule has 0 aromatic rings. The van der Waals surface area contributed by atoms with E-state index in [9.17, 15) is 0 Å². The van der Waals surface area contributed by atoms with E-state index >= 15 is 0 Å². The van der Waals surface area contributed by atoms with Gasteiger partial charge in [0.05, 0.1) is 12.7 Å². The molecule has 0 radical (unpaired) electrons. The molecule has 1 unspecified atom stereocenters. The molecule has 3 nitrogen and oxygen atoms in total. The standard InChI is InChI=1S/C11H21NO2/c1-13-11-5-3-2-4-10(11)12-9-6-7-14-8-9/h9-12H,2-8H2,1H3/t9?,10-,11-/m0/s1. The minimum Gasteiger partial charge on any atom is -0.380 e. The lowest BCUT2D eigenvalue weighted by atomic mass is 9.92. The smallest absolute Gasteiger partial charge is 0.0724 e. The van der Waals surface area contributed by atoms with Crippen LogP contribution in [0.3, 0.4) is 0 Å². The molecule has 1 heterocycles. The van der Waals surface area contributed by atoms with Crippen molar-refractivity contribution in [3.63, 3.8) is 0 Å². The maximum atomic E-state index is 5.51. The third kappa shape index (κ3) is 2.47. The number of hydrogen-bond donors (Lipinski definition) is 1. The van der Waals surface area contributed by atoms with Crippen LogP contribution in [-0.4, -0.2) is 38.5 Å². The number of methoxy groups -OCH3 is 1. The van der Waals surface area contributed by atoms with Crippen molar-refractivity contribution in [3.05, 3.63) is 0 Å². The predicted molar refractivity (Wildman–Crippen MR) is 55.4 cm³/mol. The quantitative estimate of drug-likeness (QED) is 0.743. The summed E-state index contributed by atoms with van der Waals surface area (Å²) in [5.41, 5.74) is 0. The Balaban J connectivity index is 1.81. The third-order valence-corrected chi connectivity index (χ3v) is 3.38. The molecule has 2 rings (SSSR count). The van der Waals surface area contributed by atoms with Gasteiger partial charge >= 0.3 is 0 Å². The molecule has 3 heteroatoms. The van der Waals surface area contributed by atoms with Crippen LogP contribution in [0.4, 0.5) is 0 Å². The molecule has 82 valence electrons. The molecular weight excluding hydrogens is 178 g/mol. The highest BCUT2D eigenvalue weighted by Crippen LogP contribution is 2.22. The highest BCUT2D eigenvalue weighted by molar-refractivity contribution is 4.85. The van der Waals surface area contributed by atoms with Gasteiger partial charge in [0.25, 0.3) is 0 Å². The molecule has 2 fully saturated rings. The summed E-state index contributed by atoms with van der Waals surface area (Å²) in [5.74, 6) is 0. The summed E-state index contributed by atoms with van der Waals surface area (Å²) in [5, 5.41) is 3.67.